The molecule has 20 heavy (non-hydrogen) atoms. The quantitative estimate of drug-likeness (QED) is 0.813. The Bertz CT molecular complexity index is 604. The second-order valence-corrected chi connectivity index (χ2v) is 5.31. The van der Waals surface area contributed by atoms with Gasteiger partial charge in [0.2, 0.25) is 0 Å². The van der Waals surface area contributed by atoms with E-state index in [0.29, 0.717) is 32.9 Å². The van der Waals surface area contributed by atoms with Crippen LogP contribution < -0.4 is 5.32 Å². The maximum absolute atomic E-state index is 12.2. The Kier molecular flexibility index (Phi) is 4.98. The fourth-order valence-corrected chi connectivity index (χ4v) is 2.28. The molecular weight excluding hydrogens is 304 g/mol. The Balaban J connectivity index is 2.07. The van der Waals surface area contributed by atoms with Gasteiger partial charge < -0.3 is 5.32 Å². The number of amides is 1. The number of alkyl halides is 2. The van der Waals surface area contributed by atoms with E-state index in [1.807, 2.05) is 0 Å². The first-order chi connectivity index (χ1) is 9.56. The van der Waals surface area contributed by atoms with Gasteiger partial charge in [0.05, 0.1) is 10.6 Å². The Morgan fingerprint density at radius 1 is 1.10 bits per heavy atom. The highest BCUT2D eigenvalue weighted by atomic mass is 35.5. The SMILES string of the molecule is O=C(Nc1ccc(SC(F)F)cc1)c1ccccc1Cl. The summed E-state index contributed by atoms with van der Waals surface area (Å²) in [5.74, 6) is -2.80. The number of halogens is 3. The lowest BCUT2D eigenvalue weighted by Crippen LogP contribution is -2.12. The van der Waals surface area contributed by atoms with Gasteiger partial charge in [-0.1, -0.05) is 35.5 Å². The van der Waals surface area contributed by atoms with E-state index >= 15 is 0 Å². The molecule has 104 valence electrons. The van der Waals surface area contributed by atoms with Crippen molar-refractivity contribution in [3.63, 3.8) is 0 Å². The van der Waals surface area contributed by atoms with Crippen LogP contribution in [0.1, 0.15) is 10.4 Å². The molecule has 0 bridgehead atoms. The maximum Gasteiger partial charge on any atom is 0.288 e. The summed E-state index contributed by atoms with van der Waals surface area (Å²) in [6.07, 6.45) is 0. The summed E-state index contributed by atoms with van der Waals surface area (Å²) >= 11 is 6.38. The van der Waals surface area contributed by atoms with Crippen molar-refractivity contribution in [3.05, 3.63) is 59.1 Å². The minimum atomic E-state index is -2.46. The van der Waals surface area contributed by atoms with Crippen LogP contribution in [-0.2, 0) is 0 Å². The second-order valence-electron chi connectivity index (χ2n) is 3.84. The summed E-state index contributed by atoms with van der Waals surface area (Å²) in [5.41, 5.74) is 0.883. The number of hydrogen-bond donors (Lipinski definition) is 1. The van der Waals surface area contributed by atoms with Crippen molar-refractivity contribution in [3.8, 4) is 0 Å². The van der Waals surface area contributed by atoms with Crippen molar-refractivity contribution in [1.82, 2.24) is 0 Å². The van der Waals surface area contributed by atoms with E-state index in [1.165, 1.54) is 12.1 Å². The predicted octanol–water partition coefficient (Wildman–Crippen LogP) is 4.91. The predicted molar refractivity (Wildman–Crippen MR) is 77.7 cm³/mol. The molecule has 0 aromatic heterocycles. The average molecular weight is 314 g/mol. The van der Waals surface area contributed by atoms with Crippen LogP contribution in [0.15, 0.2) is 53.4 Å². The van der Waals surface area contributed by atoms with Crippen LogP contribution in [0.5, 0.6) is 0 Å². The molecule has 0 heterocycles. The Hall–Kier alpha value is -1.59. The maximum atomic E-state index is 12.2. The fraction of sp³-hybridized carbons (Fsp3) is 0.0714. The molecule has 0 unspecified atom stereocenters. The number of thioether (sulfide) groups is 1. The van der Waals surface area contributed by atoms with E-state index in [2.05, 4.69) is 5.32 Å². The van der Waals surface area contributed by atoms with E-state index in [1.54, 1.807) is 36.4 Å². The third-order valence-electron chi connectivity index (χ3n) is 2.46. The molecule has 0 aliphatic heterocycles. The number of hydrogen-bond acceptors (Lipinski definition) is 2. The molecule has 0 radical (unpaired) electrons. The summed E-state index contributed by atoms with van der Waals surface area (Å²) < 4.78 is 24.4. The van der Waals surface area contributed by atoms with Gasteiger partial charge >= 0.3 is 0 Å². The Labute approximate surface area is 124 Å². The van der Waals surface area contributed by atoms with Gasteiger partial charge in [0.25, 0.3) is 11.7 Å². The largest absolute Gasteiger partial charge is 0.322 e. The lowest BCUT2D eigenvalue weighted by Gasteiger charge is -2.07. The van der Waals surface area contributed by atoms with Crippen molar-refractivity contribution < 1.29 is 13.6 Å². The van der Waals surface area contributed by atoms with E-state index in [0.717, 1.165) is 0 Å². The van der Waals surface area contributed by atoms with Gasteiger partial charge in [0, 0.05) is 10.6 Å². The van der Waals surface area contributed by atoms with E-state index in [4.69, 9.17) is 11.6 Å². The van der Waals surface area contributed by atoms with E-state index in [9.17, 15) is 13.6 Å². The smallest absolute Gasteiger partial charge is 0.288 e. The molecule has 0 spiro atoms. The van der Waals surface area contributed by atoms with E-state index < -0.39 is 5.76 Å². The zero-order chi connectivity index (χ0) is 14.5. The first-order valence-electron chi connectivity index (χ1n) is 5.67. The summed E-state index contributed by atoms with van der Waals surface area (Å²) in [7, 11) is 0. The normalized spacial score (nSPS) is 10.6. The van der Waals surface area contributed by atoms with Crippen LogP contribution in [0, 0.1) is 0 Å². The topological polar surface area (TPSA) is 29.1 Å². The van der Waals surface area contributed by atoms with Gasteiger partial charge in [-0.15, -0.1) is 0 Å². The molecule has 0 fully saturated rings. The Morgan fingerprint density at radius 3 is 2.35 bits per heavy atom. The molecule has 0 atom stereocenters. The summed E-state index contributed by atoms with van der Waals surface area (Å²) in [6.45, 7) is 0. The fourth-order valence-electron chi connectivity index (χ4n) is 1.56. The van der Waals surface area contributed by atoms with Gasteiger partial charge in [-0.25, -0.2) is 0 Å². The van der Waals surface area contributed by atoms with E-state index in [-0.39, 0.29) is 5.91 Å². The molecule has 1 N–H and O–H groups in total. The minimum Gasteiger partial charge on any atom is -0.322 e. The molecule has 6 heteroatoms. The summed E-state index contributed by atoms with van der Waals surface area (Å²) in [4.78, 5) is 12.4. The van der Waals surface area contributed by atoms with Gasteiger partial charge in [0.15, 0.2) is 0 Å². The zero-order valence-corrected chi connectivity index (χ0v) is 11.7. The highest BCUT2D eigenvalue weighted by molar-refractivity contribution is 7.99. The number of benzene rings is 2. The molecule has 2 rings (SSSR count). The third kappa shape index (κ3) is 3.95. The van der Waals surface area contributed by atoms with Gasteiger partial charge in [0.1, 0.15) is 0 Å². The number of carbonyl (C=O) groups excluding carboxylic acids is 1. The summed E-state index contributed by atoms with van der Waals surface area (Å²) in [5, 5.41) is 3.02. The van der Waals surface area contributed by atoms with Crippen molar-refractivity contribution in [2.24, 2.45) is 0 Å². The first-order valence-corrected chi connectivity index (χ1v) is 6.93. The molecule has 0 aliphatic carbocycles. The van der Waals surface area contributed by atoms with Crippen LogP contribution in [0.3, 0.4) is 0 Å². The van der Waals surface area contributed by atoms with Crippen molar-refractivity contribution in [1.29, 1.82) is 0 Å². The molecule has 2 aromatic carbocycles. The summed E-state index contributed by atoms with van der Waals surface area (Å²) in [6, 6.07) is 12.9. The van der Waals surface area contributed by atoms with Crippen molar-refractivity contribution in [2.75, 3.05) is 5.32 Å². The first kappa shape index (κ1) is 14.8. The number of rotatable bonds is 4. The van der Waals surface area contributed by atoms with Crippen molar-refractivity contribution in [2.45, 2.75) is 10.7 Å². The van der Waals surface area contributed by atoms with Crippen LogP contribution in [-0.4, -0.2) is 11.7 Å². The zero-order valence-electron chi connectivity index (χ0n) is 10.1. The average Bonchev–Trinajstić information content (AvgIpc) is 2.41. The molecule has 2 aromatic rings. The second kappa shape index (κ2) is 6.72. The van der Waals surface area contributed by atoms with Crippen LogP contribution >= 0.6 is 23.4 Å². The lowest BCUT2D eigenvalue weighted by atomic mass is 10.2. The molecule has 2 nitrogen and oxygen atoms in total. The molecule has 0 saturated carbocycles. The monoisotopic (exact) mass is 313 g/mol. The molecule has 1 amide bonds. The lowest BCUT2D eigenvalue weighted by molar-refractivity contribution is 0.102. The Morgan fingerprint density at radius 2 is 1.75 bits per heavy atom. The van der Waals surface area contributed by atoms with Crippen molar-refractivity contribution >= 4 is 35.0 Å². The van der Waals surface area contributed by atoms with Gasteiger partial charge in [-0.3, -0.25) is 4.79 Å². The standard InChI is InChI=1S/C14H10ClF2NOS/c15-12-4-2-1-3-11(12)13(19)18-9-5-7-10(8-6-9)20-14(16)17/h1-8,14H,(H,18,19). The van der Waals surface area contributed by atoms with Gasteiger partial charge in [-0.05, 0) is 36.4 Å². The highest BCUT2D eigenvalue weighted by Crippen LogP contribution is 2.26. The number of anilines is 1. The highest BCUT2D eigenvalue weighted by Gasteiger charge is 2.10. The number of nitrogens with one attached hydrogen (secondary N) is 1. The van der Waals surface area contributed by atoms with Crippen LogP contribution in [0.25, 0.3) is 0 Å². The minimum absolute atomic E-state index is 0.343. The molecule has 0 saturated heterocycles. The molecule has 0 aliphatic rings. The van der Waals surface area contributed by atoms with Crippen LogP contribution in [0.2, 0.25) is 5.02 Å². The van der Waals surface area contributed by atoms with Gasteiger partial charge in [-0.2, -0.15) is 8.78 Å². The third-order valence-corrected chi connectivity index (χ3v) is 3.51. The van der Waals surface area contributed by atoms with Crippen LogP contribution in [0.4, 0.5) is 14.5 Å². The molecular formula is C14H10ClF2NOS. The number of carbonyl (C=O) groups is 1.